The summed E-state index contributed by atoms with van der Waals surface area (Å²) in [5.74, 6) is 0.0681. The maximum atomic E-state index is 12.4. The van der Waals surface area contributed by atoms with E-state index in [9.17, 15) is 4.79 Å². The van der Waals surface area contributed by atoms with Gasteiger partial charge in [0.05, 0.1) is 0 Å². The molecule has 2 N–H and O–H groups in total. The highest BCUT2D eigenvalue weighted by Crippen LogP contribution is 2.18. The van der Waals surface area contributed by atoms with Crippen LogP contribution in [0, 0.1) is 0 Å². The van der Waals surface area contributed by atoms with E-state index in [1.165, 1.54) is 0 Å². The standard InChI is InChI=1S/C14H23N5O/c1-2-11-9-13(17-16-11)14(20)19-6-3-12(10-19)18-7-4-15-5-8-18/h9,12,15H,2-8,10H2,1H3,(H,16,17). The highest BCUT2D eigenvalue weighted by atomic mass is 16.2. The molecule has 110 valence electrons. The van der Waals surface area contributed by atoms with Crippen LogP contribution in [0.5, 0.6) is 0 Å². The molecule has 0 aromatic carbocycles. The lowest BCUT2D eigenvalue weighted by Gasteiger charge is -2.32. The van der Waals surface area contributed by atoms with Crippen LogP contribution in [0.3, 0.4) is 0 Å². The molecule has 3 heterocycles. The molecule has 0 saturated carbocycles. The first-order chi connectivity index (χ1) is 9.78. The summed E-state index contributed by atoms with van der Waals surface area (Å²) >= 11 is 0. The topological polar surface area (TPSA) is 64.3 Å². The van der Waals surface area contributed by atoms with E-state index < -0.39 is 0 Å². The first-order valence-electron chi connectivity index (χ1n) is 7.56. The van der Waals surface area contributed by atoms with Crippen molar-refractivity contribution in [1.82, 2.24) is 25.3 Å². The van der Waals surface area contributed by atoms with E-state index >= 15 is 0 Å². The molecule has 1 unspecified atom stereocenters. The summed E-state index contributed by atoms with van der Waals surface area (Å²) in [6, 6.07) is 2.39. The van der Waals surface area contributed by atoms with Gasteiger partial charge in [0.1, 0.15) is 5.69 Å². The third-order valence-corrected chi connectivity index (χ3v) is 4.35. The molecule has 2 fully saturated rings. The fourth-order valence-electron chi connectivity index (χ4n) is 3.09. The van der Waals surface area contributed by atoms with Gasteiger partial charge in [-0.15, -0.1) is 0 Å². The Morgan fingerprint density at radius 2 is 2.20 bits per heavy atom. The predicted molar refractivity (Wildman–Crippen MR) is 76.7 cm³/mol. The zero-order valence-corrected chi connectivity index (χ0v) is 12.1. The highest BCUT2D eigenvalue weighted by molar-refractivity contribution is 5.92. The lowest BCUT2D eigenvalue weighted by atomic mass is 10.2. The van der Waals surface area contributed by atoms with Gasteiger partial charge in [-0.25, -0.2) is 0 Å². The van der Waals surface area contributed by atoms with E-state index in [0.717, 1.165) is 57.8 Å². The van der Waals surface area contributed by atoms with Crippen LogP contribution < -0.4 is 5.32 Å². The van der Waals surface area contributed by atoms with E-state index in [0.29, 0.717) is 11.7 Å². The van der Waals surface area contributed by atoms with Gasteiger partial charge in [-0.3, -0.25) is 14.8 Å². The molecule has 1 amide bonds. The van der Waals surface area contributed by atoms with Crippen molar-refractivity contribution in [2.45, 2.75) is 25.8 Å². The van der Waals surface area contributed by atoms with Crippen molar-refractivity contribution in [3.63, 3.8) is 0 Å². The zero-order valence-electron chi connectivity index (χ0n) is 12.1. The highest BCUT2D eigenvalue weighted by Gasteiger charge is 2.32. The van der Waals surface area contributed by atoms with Gasteiger partial charge in [0.15, 0.2) is 0 Å². The van der Waals surface area contributed by atoms with Gasteiger partial charge in [0, 0.05) is 51.0 Å². The third kappa shape index (κ3) is 2.71. The second kappa shape index (κ2) is 5.93. The Bertz CT molecular complexity index is 466. The molecular formula is C14H23N5O. The second-order valence-electron chi connectivity index (χ2n) is 5.61. The van der Waals surface area contributed by atoms with Gasteiger partial charge in [-0.2, -0.15) is 5.10 Å². The van der Waals surface area contributed by atoms with Gasteiger partial charge in [0.25, 0.3) is 5.91 Å². The molecule has 2 aliphatic rings. The summed E-state index contributed by atoms with van der Waals surface area (Å²) in [7, 11) is 0. The average Bonchev–Trinajstić information content (AvgIpc) is 3.17. The summed E-state index contributed by atoms with van der Waals surface area (Å²) in [6.07, 6.45) is 1.96. The van der Waals surface area contributed by atoms with Crippen molar-refractivity contribution in [1.29, 1.82) is 0 Å². The maximum Gasteiger partial charge on any atom is 0.274 e. The average molecular weight is 277 g/mol. The number of H-pyrrole nitrogens is 1. The molecule has 0 aliphatic carbocycles. The number of rotatable bonds is 3. The van der Waals surface area contributed by atoms with Crippen LogP contribution in [0.4, 0.5) is 0 Å². The third-order valence-electron chi connectivity index (χ3n) is 4.35. The molecule has 0 radical (unpaired) electrons. The Labute approximate surface area is 119 Å². The van der Waals surface area contributed by atoms with Gasteiger partial charge < -0.3 is 10.2 Å². The van der Waals surface area contributed by atoms with Crippen LogP contribution in [0.15, 0.2) is 6.07 Å². The van der Waals surface area contributed by atoms with Crippen molar-refractivity contribution in [2.24, 2.45) is 0 Å². The number of nitrogens with zero attached hydrogens (tertiary/aromatic N) is 3. The minimum absolute atomic E-state index is 0.0681. The number of carbonyl (C=O) groups is 1. The van der Waals surface area contributed by atoms with Crippen molar-refractivity contribution in [3.8, 4) is 0 Å². The number of hydrogen-bond donors (Lipinski definition) is 2. The number of aryl methyl sites for hydroxylation is 1. The normalized spacial score (nSPS) is 24.2. The SMILES string of the molecule is CCc1cc(C(=O)N2CCC(N3CCNCC3)C2)n[nH]1. The van der Waals surface area contributed by atoms with Gasteiger partial charge in [0.2, 0.25) is 0 Å². The fraction of sp³-hybridized carbons (Fsp3) is 0.714. The Morgan fingerprint density at radius 3 is 2.90 bits per heavy atom. The van der Waals surface area contributed by atoms with E-state index in [2.05, 4.69) is 27.3 Å². The summed E-state index contributed by atoms with van der Waals surface area (Å²) in [5.41, 5.74) is 1.58. The Balaban J connectivity index is 1.60. The maximum absolute atomic E-state index is 12.4. The Kier molecular flexibility index (Phi) is 4.03. The number of likely N-dealkylation sites (tertiary alicyclic amines) is 1. The van der Waals surface area contributed by atoms with Gasteiger partial charge >= 0.3 is 0 Å². The van der Waals surface area contributed by atoms with Crippen LogP contribution in [-0.4, -0.2) is 71.2 Å². The summed E-state index contributed by atoms with van der Waals surface area (Å²) in [5, 5.41) is 10.4. The van der Waals surface area contributed by atoms with Crippen LogP contribution >= 0.6 is 0 Å². The molecule has 0 bridgehead atoms. The number of nitrogens with one attached hydrogen (secondary N) is 2. The van der Waals surface area contributed by atoms with E-state index in [1.54, 1.807) is 0 Å². The zero-order chi connectivity index (χ0) is 13.9. The molecule has 3 rings (SSSR count). The number of hydrogen-bond acceptors (Lipinski definition) is 4. The molecule has 1 atom stereocenters. The van der Waals surface area contributed by atoms with Crippen molar-refractivity contribution < 1.29 is 4.79 Å². The van der Waals surface area contributed by atoms with Crippen LogP contribution in [-0.2, 0) is 6.42 Å². The van der Waals surface area contributed by atoms with Crippen molar-refractivity contribution in [2.75, 3.05) is 39.3 Å². The molecule has 1 aromatic rings. The van der Waals surface area contributed by atoms with Crippen molar-refractivity contribution in [3.05, 3.63) is 17.5 Å². The van der Waals surface area contributed by atoms with E-state index in [1.807, 2.05) is 11.0 Å². The van der Waals surface area contributed by atoms with Gasteiger partial charge in [-0.05, 0) is 18.9 Å². The lowest BCUT2D eigenvalue weighted by Crippen LogP contribution is -2.49. The minimum Gasteiger partial charge on any atom is -0.336 e. The molecule has 6 nitrogen and oxygen atoms in total. The number of piperazine rings is 1. The first kappa shape index (κ1) is 13.6. The van der Waals surface area contributed by atoms with Crippen LogP contribution in [0.25, 0.3) is 0 Å². The van der Waals surface area contributed by atoms with Gasteiger partial charge in [-0.1, -0.05) is 6.92 Å². The van der Waals surface area contributed by atoms with Crippen molar-refractivity contribution >= 4 is 5.91 Å². The minimum atomic E-state index is 0.0681. The molecule has 6 heteroatoms. The molecule has 2 aliphatic heterocycles. The number of aromatic amines is 1. The molecule has 0 spiro atoms. The molecule has 20 heavy (non-hydrogen) atoms. The summed E-state index contributed by atoms with van der Waals surface area (Å²) in [6.45, 7) is 8.05. The summed E-state index contributed by atoms with van der Waals surface area (Å²) < 4.78 is 0. The summed E-state index contributed by atoms with van der Waals surface area (Å²) in [4.78, 5) is 16.9. The van der Waals surface area contributed by atoms with Crippen LogP contribution in [0.2, 0.25) is 0 Å². The Morgan fingerprint density at radius 1 is 1.40 bits per heavy atom. The lowest BCUT2D eigenvalue weighted by molar-refractivity contribution is 0.0767. The van der Waals surface area contributed by atoms with Crippen LogP contribution in [0.1, 0.15) is 29.5 Å². The number of carbonyl (C=O) groups excluding carboxylic acids is 1. The quantitative estimate of drug-likeness (QED) is 0.822. The molecular weight excluding hydrogens is 254 g/mol. The largest absolute Gasteiger partial charge is 0.336 e. The predicted octanol–water partition coefficient (Wildman–Crippen LogP) is 0.0918. The monoisotopic (exact) mass is 277 g/mol. The fourth-order valence-corrected chi connectivity index (χ4v) is 3.09. The van der Waals surface area contributed by atoms with E-state index in [-0.39, 0.29) is 5.91 Å². The smallest absolute Gasteiger partial charge is 0.274 e. The number of aromatic nitrogens is 2. The first-order valence-corrected chi connectivity index (χ1v) is 7.56. The molecule has 1 aromatic heterocycles. The Hall–Kier alpha value is -1.40. The molecule has 2 saturated heterocycles. The van der Waals surface area contributed by atoms with E-state index in [4.69, 9.17) is 0 Å². The number of amides is 1. The second-order valence-corrected chi connectivity index (χ2v) is 5.61.